The minimum atomic E-state index is -1.28. The van der Waals surface area contributed by atoms with Gasteiger partial charge in [0.05, 0.1) is 31.5 Å². The van der Waals surface area contributed by atoms with E-state index >= 15 is 0 Å². The molecule has 0 unspecified atom stereocenters. The van der Waals surface area contributed by atoms with Crippen molar-refractivity contribution in [3.8, 4) is 22.9 Å². The highest BCUT2D eigenvalue weighted by molar-refractivity contribution is 9.09. The van der Waals surface area contributed by atoms with E-state index in [4.69, 9.17) is 14.2 Å². The van der Waals surface area contributed by atoms with E-state index in [1.807, 2.05) is 6.92 Å². The molecule has 1 aromatic heterocycles. The number of unbranched alkanes of at least 4 members (excludes halogenated alkanes) is 4. The quantitative estimate of drug-likeness (QED) is 0.221. The Morgan fingerprint density at radius 2 is 1.71 bits per heavy atom. The third-order valence-corrected chi connectivity index (χ3v) is 6.00. The molecule has 1 N–H and O–H groups in total. The van der Waals surface area contributed by atoms with Crippen molar-refractivity contribution in [3.63, 3.8) is 0 Å². The maximum Gasteiger partial charge on any atom is 0.341 e. The van der Waals surface area contributed by atoms with Gasteiger partial charge in [0, 0.05) is 41.2 Å². The second-order valence-corrected chi connectivity index (χ2v) is 8.62. The molecule has 0 aliphatic carbocycles. The molecule has 7 nitrogen and oxygen atoms in total. The Morgan fingerprint density at radius 1 is 0.971 bits per heavy atom. The largest absolute Gasteiger partial charge is 0.497 e. The van der Waals surface area contributed by atoms with Crippen LogP contribution < -0.4 is 19.6 Å². The number of aromatic nitrogens is 1. The maximum atomic E-state index is 12.9. The van der Waals surface area contributed by atoms with Crippen molar-refractivity contribution in [1.82, 2.24) is 4.57 Å². The Morgan fingerprint density at radius 3 is 2.41 bits per heavy atom. The Hall–Kier alpha value is -3.00. The predicted molar refractivity (Wildman–Crippen MR) is 137 cm³/mol. The zero-order valence-electron chi connectivity index (χ0n) is 19.5. The van der Waals surface area contributed by atoms with Crippen molar-refractivity contribution in [2.45, 2.75) is 39.0 Å². The second kappa shape index (κ2) is 12.5. The van der Waals surface area contributed by atoms with E-state index in [1.54, 1.807) is 48.1 Å². The summed E-state index contributed by atoms with van der Waals surface area (Å²) in [7, 11) is 1.55. The van der Waals surface area contributed by atoms with E-state index in [0.29, 0.717) is 47.1 Å². The monoisotopic (exact) mass is 531 g/mol. The molecule has 0 amide bonds. The highest BCUT2D eigenvalue weighted by Crippen LogP contribution is 2.29. The van der Waals surface area contributed by atoms with Gasteiger partial charge in [-0.3, -0.25) is 4.79 Å². The number of alkyl halides is 1. The van der Waals surface area contributed by atoms with Crippen molar-refractivity contribution in [3.05, 3.63) is 58.4 Å². The summed E-state index contributed by atoms with van der Waals surface area (Å²) in [6.45, 7) is 2.92. The smallest absolute Gasteiger partial charge is 0.341 e. The van der Waals surface area contributed by atoms with Crippen molar-refractivity contribution in [1.29, 1.82) is 0 Å². The number of carboxylic acids is 1. The highest BCUT2D eigenvalue weighted by atomic mass is 79.9. The number of carboxylic acid groups (broad SMARTS) is 1. The molecule has 2 aromatic carbocycles. The van der Waals surface area contributed by atoms with Gasteiger partial charge in [-0.2, -0.15) is 0 Å². The number of carbonyl (C=O) groups is 1. The number of rotatable bonds is 13. The van der Waals surface area contributed by atoms with Crippen LogP contribution in [0.5, 0.6) is 17.2 Å². The van der Waals surface area contributed by atoms with Gasteiger partial charge in [-0.05, 0) is 31.9 Å². The molecular weight excluding hydrogens is 502 g/mol. The van der Waals surface area contributed by atoms with Gasteiger partial charge >= 0.3 is 5.97 Å². The zero-order chi connectivity index (χ0) is 24.5. The number of nitrogens with zero attached hydrogens (tertiary/aromatic N) is 1. The van der Waals surface area contributed by atoms with Crippen LogP contribution >= 0.6 is 15.9 Å². The lowest BCUT2D eigenvalue weighted by Gasteiger charge is -2.16. The number of hydrogen-bond donors (Lipinski definition) is 1. The minimum Gasteiger partial charge on any atom is -0.497 e. The summed E-state index contributed by atoms with van der Waals surface area (Å²) in [5.41, 5.74) is 0.301. The van der Waals surface area contributed by atoms with E-state index < -0.39 is 11.4 Å². The molecule has 0 saturated heterocycles. The van der Waals surface area contributed by atoms with Crippen LogP contribution in [0.25, 0.3) is 16.6 Å². The molecule has 0 radical (unpaired) electrons. The summed E-state index contributed by atoms with van der Waals surface area (Å²) in [4.78, 5) is 24.6. The topological polar surface area (TPSA) is 87.0 Å². The maximum absolute atomic E-state index is 12.9. The lowest BCUT2D eigenvalue weighted by atomic mass is 10.1. The van der Waals surface area contributed by atoms with Crippen LogP contribution in [0.4, 0.5) is 0 Å². The Kier molecular flexibility index (Phi) is 9.39. The summed E-state index contributed by atoms with van der Waals surface area (Å²) in [6.07, 6.45) is 6.92. The molecule has 0 bridgehead atoms. The third kappa shape index (κ3) is 6.32. The van der Waals surface area contributed by atoms with E-state index in [0.717, 1.165) is 18.2 Å². The Bertz CT molecular complexity index is 1190. The van der Waals surface area contributed by atoms with Gasteiger partial charge in [-0.25, -0.2) is 4.79 Å². The summed E-state index contributed by atoms with van der Waals surface area (Å²) >= 11 is 3.45. The molecule has 3 aromatic rings. The average molecular weight is 532 g/mol. The average Bonchev–Trinajstić information content (AvgIpc) is 2.83. The van der Waals surface area contributed by atoms with E-state index in [2.05, 4.69) is 15.9 Å². The number of hydrogen-bond acceptors (Lipinski definition) is 5. The van der Waals surface area contributed by atoms with Crippen molar-refractivity contribution < 1.29 is 24.1 Å². The van der Waals surface area contributed by atoms with Crippen LogP contribution in [0.15, 0.2) is 47.4 Å². The third-order valence-electron chi connectivity index (χ3n) is 5.44. The molecule has 34 heavy (non-hydrogen) atoms. The van der Waals surface area contributed by atoms with E-state index in [-0.39, 0.29) is 5.56 Å². The van der Waals surface area contributed by atoms with Gasteiger partial charge in [0.2, 0.25) is 5.43 Å². The number of pyridine rings is 1. The molecule has 3 rings (SSSR count). The van der Waals surface area contributed by atoms with Crippen molar-refractivity contribution in [2.24, 2.45) is 0 Å². The van der Waals surface area contributed by atoms with Crippen LogP contribution in [0.1, 0.15) is 49.4 Å². The highest BCUT2D eigenvalue weighted by Gasteiger charge is 2.17. The van der Waals surface area contributed by atoms with Gasteiger partial charge < -0.3 is 23.9 Å². The van der Waals surface area contributed by atoms with Gasteiger partial charge in [-0.15, -0.1) is 0 Å². The molecule has 0 saturated carbocycles. The van der Waals surface area contributed by atoms with Crippen LogP contribution in [0.2, 0.25) is 0 Å². The number of methoxy groups -OCH3 is 1. The predicted octanol–water partition coefficient (Wildman–Crippen LogP) is 5.82. The fraction of sp³-hybridized carbons (Fsp3) is 0.385. The summed E-state index contributed by atoms with van der Waals surface area (Å²) in [5, 5.41) is 10.9. The van der Waals surface area contributed by atoms with Crippen LogP contribution in [-0.4, -0.2) is 41.3 Å². The molecule has 0 atom stereocenters. The SMILES string of the molecule is CCOc1cc(OC)cc(-n2cc(C(=O)O)c(=O)c3ccc(OCCCCCCCBr)cc32)c1. The van der Waals surface area contributed by atoms with Crippen LogP contribution in [0.3, 0.4) is 0 Å². The van der Waals surface area contributed by atoms with Gasteiger partial charge in [0.15, 0.2) is 0 Å². The lowest BCUT2D eigenvalue weighted by Crippen LogP contribution is -2.18. The first kappa shape index (κ1) is 25.6. The summed E-state index contributed by atoms with van der Waals surface area (Å²) in [5.74, 6) is 0.468. The molecule has 0 aliphatic heterocycles. The van der Waals surface area contributed by atoms with E-state index in [9.17, 15) is 14.7 Å². The van der Waals surface area contributed by atoms with Crippen LogP contribution in [-0.2, 0) is 0 Å². The van der Waals surface area contributed by atoms with Gasteiger partial charge in [0.25, 0.3) is 0 Å². The second-order valence-electron chi connectivity index (χ2n) is 7.83. The standard InChI is InChI=1S/C26H30BrNO6/c1-3-33-21-14-18(13-20(15-21)32-2)28-17-23(26(30)31)25(29)22-10-9-19(16-24(22)28)34-12-8-6-4-5-7-11-27/h9-10,13-17H,3-8,11-12H2,1-2H3,(H,30,31). The molecular formula is C26H30BrNO6. The lowest BCUT2D eigenvalue weighted by molar-refractivity contribution is 0.0695. The molecule has 0 spiro atoms. The zero-order valence-corrected chi connectivity index (χ0v) is 21.1. The summed E-state index contributed by atoms with van der Waals surface area (Å²) in [6, 6.07) is 10.4. The van der Waals surface area contributed by atoms with Crippen molar-refractivity contribution in [2.75, 3.05) is 25.7 Å². The first-order chi connectivity index (χ1) is 16.5. The number of aromatic carboxylic acids is 1. The number of ether oxygens (including phenoxy) is 3. The molecule has 1 heterocycles. The van der Waals surface area contributed by atoms with Crippen molar-refractivity contribution >= 4 is 32.8 Å². The normalized spacial score (nSPS) is 10.9. The first-order valence-corrected chi connectivity index (χ1v) is 12.5. The van der Waals surface area contributed by atoms with E-state index in [1.165, 1.54) is 25.5 Å². The number of benzene rings is 2. The van der Waals surface area contributed by atoms with Gasteiger partial charge in [0.1, 0.15) is 22.8 Å². The number of halogens is 1. The van der Waals surface area contributed by atoms with Gasteiger partial charge in [-0.1, -0.05) is 35.2 Å². The summed E-state index contributed by atoms with van der Waals surface area (Å²) < 4.78 is 18.7. The van der Waals surface area contributed by atoms with Crippen LogP contribution in [0, 0.1) is 0 Å². The molecule has 8 heteroatoms. The first-order valence-electron chi connectivity index (χ1n) is 11.4. The Labute approximate surface area is 207 Å². The fourth-order valence-corrected chi connectivity index (χ4v) is 4.14. The molecule has 0 aliphatic rings. The fourth-order valence-electron chi connectivity index (χ4n) is 3.74. The Balaban J connectivity index is 2.00. The minimum absolute atomic E-state index is 0.294. The molecule has 182 valence electrons. The molecule has 0 fully saturated rings. The number of fused-ring (bicyclic) bond motifs is 1.